The second-order valence-electron chi connectivity index (χ2n) is 5.77. The highest BCUT2D eigenvalue weighted by Gasteiger charge is 2.23. The van der Waals surface area contributed by atoms with E-state index in [0.29, 0.717) is 12.1 Å². The first-order valence-electron chi connectivity index (χ1n) is 7.81. The molecule has 1 N–H and O–H groups in total. The summed E-state index contributed by atoms with van der Waals surface area (Å²) in [7, 11) is 0. The zero-order valence-corrected chi connectivity index (χ0v) is 14.0. The Morgan fingerprint density at radius 2 is 2.17 bits per heavy atom. The van der Waals surface area contributed by atoms with Crippen molar-refractivity contribution in [1.82, 2.24) is 14.5 Å². The summed E-state index contributed by atoms with van der Waals surface area (Å²) in [5, 5.41) is 10.2. The van der Waals surface area contributed by atoms with Gasteiger partial charge in [0.2, 0.25) is 0 Å². The molecule has 0 spiro atoms. The van der Waals surface area contributed by atoms with Gasteiger partial charge in [0.15, 0.2) is 5.16 Å². The van der Waals surface area contributed by atoms with Gasteiger partial charge < -0.3 is 10.0 Å². The molecule has 122 valence electrons. The molecule has 1 aliphatic rings. The average Bonchev–Trinajstić information content (AvgIpc) is 3.10. The molecule has 23 heavy (non-hydrogen) atoms. The lowest BCUT2D eigenvalue weighted by Gasteiger charge is -2.32. The van der Waals surface area contributed by atoms with Crippen LogP contribution in [-0.2, 0) is 0 Å². The van der Waals surface area contributed by atoms with E-state index >= 15 is 0 Å². The first-order valence-corrected chi connectivity index (χ1v) is 9.03. The monoisotopic (exact) mass is 331 g/mol. The minimum atomic E-state index is 0.0467. The fraction of sp³-hybridized carbons (Fsp3) is 0.412. The zero-order valence-electron chi connectivity index (χ0n) is 13.2. The van der Waals surface area contributed by atoms with Crippen molar-refractivity contribution in [1.29, 1.82) is 0 Å². The van der Waals surface area contributed by atoms with Crippen LogP contribution in [0.15, 0.2) is 41.8 Å². The summed E-state index contributed by atoms with van der Waals surface area (Å²) in [4.78, 5) is 18.7. The fourth-order valence-electron chi connectivity index (χ4n) is 2.98. The Labute approximate surface area is 140 Å². The lowest BCUT2D eigenvalue weighted by molar-refractivity contribution is 0.0620. The molecule has 0 radical (unpaired) electrons. The number of benzene rings is 1. The molecule has 2 heterocycles. The van der Waals surface area contributed by atoms with Gasteiger partial charge in [-0.1, -0.05) is 11.8 Å². The Balaban J connectivity index is 1.75. The number of aliphatic hydroxyl groups is 1. The van der Waals surface area contributed by atoms with Crippen molar-refractivity contribution in [2.24, 2.45) is 5.92 Å². The van der Waals surface area contributed by atoms with Crippen LogP contribution < -0.4 is 0 Å². The van der Waals surface area contributed by atoms with Gasteiger partial charge in [-0.3, -0.25) is 9.36 Å². The summed E-state index contributed by atoms with van der Waals surface area (Å²) in [6, 6.07) is 7.62. The van der Waals surface area contributed by atoms with Crippen molar-refractivity contribution in [3.8, 4) is 5.69 Å². The van der Waals surface area contributed by atoms with E-state index in [1.165, 1.54) is 0 Å². The smallest absolute Gasteiger partial charge is 0.253 e. The van der Waals surface area contributed by atoms with Gasteiger partial charge >= 0.3 is 0 Å². The molecule has 2 aromatic rings. The van der Waals surface area contributed by atoms with E-state index < -0.39 is 0 Å². The Bertz CT molecular complexity index is 669. The Kier molecular flexibility index (Phi) is 5.03. The van der Waals surface area contributed by atoms with Gasteiger partial charge in [0.1, 0.15) is 0 Å². The van der Waals surface area contributed by atoms with Crippen molar-refractivity contribution < 1.29 is 9.90 Å². The van der Waals surface area contributed by atoms with Crippen molar-refractivity contribution in [3.63, 3.8) is 0 Å². The van der Waals surface area contributed by atoms with Gasteiger partial charge in [0.05, 0.1) is 0 Å². The van der Waals surface area contributed by atoms with Crippen LogP contribution in [0.3, 0.4) is 0 Å². The molecule has 1 aliphatic heterocycles. The van der Waals surface area contributed by atoms with Crippen LogP contribution in [0.2, 0.25) is 0 Å². The third-order valence-electron chi connectivity index (χ3n) is 4.25. The number of carbonyl (C=O) groups is 1. The first kappa shape index (κ1) is 16.1. The largest absolute Gasteiger partial charge is 0.396 e. The van der Waals surface area contributed by atoms with Crippen LogP contribution in [0, 0.1) is 5.92 Å². The number of hydrogen-bond donors (Lipinski definition) is 1. The lowest BCUT2D eigenvalue weighted by atomic mass is 9.98. The van der Waals surface area contributed by atoms with Crippen LogP contribution in [0.5, 0.6) is 0 Å². The van der Waals surface area contributed by atoms with Gasteiger partial charge in [-0.25, -0.2) is 4.98 Å². The molecular weight excluding hydrogens is 310 g/mol. The molecule has 6 heteroatoms. The highest BCUT2D eigenvalue weighted by Crippen LogP contribution is 2.21. The van der Waals surface area contributed by atoms with Crippen LogP contribution in [0.4, 0.5) is 0 Å². The number of aliphatic hydroxyl groups excluding tert-OH is 1. The van der Waals surface area contributed by atoms with Gasteiger partial charge in [-0.05, 0) is 49.3 Å². The van der Waals surface area contributed by atoms with E-state index in [9.17, 15) is 9.90 Å². The number of piperidine rings is 1. The number of amides is 1. The van der Waals surface area contributed by atoms with Gasteiger partial charge in [-0.15, -0.1) is 0 Å². The van der Waals surface area contributed by atoms with Crippen LogP contribution in [-0.4, -0.2) is 51.4 Å². The quantitative estimate of drug-likeness (QED) is 0.874. The summed E-state index contributed by atoms with van der Waals surface area (Å²) in [5.41, 5.74) is 1.69. The Morgan fingerprint density at radius 3 is 2.87 bits per heavy atom. The Morgan fingerprint density at radius 1 is 1.39 bits per heavy atom. The van der Waals surface area contributed by atoms with E-state index in [4.69, 9.17) is 0 Å². The van der Waals surface area contributed by atoms with Crippen molar-refractivity contribution in [2.75, 3.05) is 26.0 Å². The number of imidazole rings is 1. The van der Waals surface area contributed by atoms with E-state index in [1.54, 1.807) is 18.0 Å². The van der Waals surface area contributed by atoms with Crippen molar-refractivity contribution in [2.45, 2.75) is 18.0 Å². The highest BCUT2D eigenvalue weighted by atomic mass is 32.2. The van der Waals surface area contributed by atoms with E-state index in [-0.39, 0.29) is 18.4 Å². The number of hydrogen-bond acceptors (Lipinski definition) is 4. The molecule has 3 rings (SSSR count). The SMILES string of the molecule is CSc1nccn1-c1ccc(C(=O)N2CCCC(CO)C2)cc1. The van der Waals surface area contributed by atoms with E-state index in [2.05, 4.69) is 4.98 Å². The maximum Gasteiger partial charge on any atom is 0.253 e. The molecule has 1 amide bonds. The minimum Gasteiger partial charge on any atom is -0.396 e. The van der Waals surface area contributed by atoms with E-state index in [1.807, 2.05) is 46.2 Å². The molecule has 0 bridgehead atoms. The third kappa shape index (κ3) is 3.43. The molecule has 5 nitrogen and oxygen atoms in total. The summed E-state index contributed by atoms with van der Waals surface area (Å²) in [5.74, 6) is 0.257. The van der Waals surface area contributed by atoms with Gasteiger partial charge in [-0.2, -0.15) is 0 Å². The van der Waals surface area contributed by atoms with Crippen LogP contribution in [0.1, 0.15) is 23.2 Å². The molecule has 1 aromatic heterocycles. The number of aromatic nitrogens is 2. The fourth-order valence-corrected chi connectivity index (χ4v) is 3.51. The van der Waals surface area contributed by atoms with E-state index in [0.717, 1.165) is 30.2 Å². The van der Waals surface area contributed by atoms with Crippen LogP contribution in [0.25, 0.3) is 5.69 Å². The number of rotatable bonds is 4. The molecular formula is C17H21N3O2S. The van der Waals surface area contributed by atoms with Gasteiger partial charge in [0.25, 0.3) is 5.91 Å². The predicted octanol–water partition coefficient (Wildman–Crippen LogP) is 2.44. The average molecular weight is 331 g/mol. The zero-order chi connectivity index (χ0) is 16.2. The second kappa shape index (κ2) is 7.19. The molecule has 1 saturated heterocycles. The maximum absolute atomic E-state index is 12.6. The summed E-state index contributed by atoms with van der Waals surface area (Å²) in [6.07, 6.45) is 7.63. The number of nitrogens with zero attached hydrogens (tertiary/aromatic N) is 3. The highest BCUT2D eigenvalue weighted by molar-refractivity contribution is 7.98. The molecule has 1 unspecified atom stereocenters. The topological polar surface area (TPSA) is 58.4 Å². The summed E-state index contributed by atoms with van der Waals surface area (Å²) in [6.45, 7) is 1.57. The maximum atomic E-state index is 12.6. The second-order valence-corrected chi connectivity index (χ2v) is 6.55. The lowest BCUT2D eigenvalue weighted by Crippen LogP contribution is -2.40. The van der Waals surface area contributed by atoms with Crippen molar-refractivity contribution in [3.05, 3.63) is 42.2 Å². The summed E-state index contributed by atoms with van der Waals surface area (Å²) < 4.78 is 2.00. The normalized spacial score (nSPS) is 18.2. The predicted molar refractivity (Wildman–Crippen MR) is 91.1 cm³/mol. The first-order chi connectivity index (χ1) is 11.2. The minimum absolute atomic E-state index is 0.0467. The third-order valence-corrected chi connectivity index (χ3v) is 4.91. The molecule has 0 aliphatic carbocycles. The molecule has 1 atom stereocenters. The number of thioether (sulfide) groups is 1. The number of likely N-dealkylation sites (tertiary alicyclic amines) is 1. The molecule has 0 saturated carbocycles. The van der Waals surface area contributed by atoms with Crippen molar-refractivity contribution >= 4 is 17.7 Å². The van der Waals surface area contributed by atoms with Crippen LogP contribution >= 0.6 is 11.8 Å². The molecule has 1 fully saturated rings. The molecule has 1 aromatic carbocycles. The van der Waals surface area contributed by atoms with Gasteiger partial charge in [0, 0.05) is 43.3 Å². The standard InChI is InChI=1S/C17H21N3O2S/c1-23-17-18-8-10-20(17)15-6-4-14(5-7-15)16(22)19-9-2-3-13(11-19)12-21/h4-8,10,13,21H,2-3,9,11-12H2,1H3. The Hall–Kier alpha value is -1.79. The number of carbonyl (C=O) groups excluding carboxylic acids is 1. The summed E-state index contributed by atoms with van der Waals surface area (Å²) >= 11 is 1.59.